The van der Waals surface area contributed by atoms with Crippen molar-refractivity contribution in [2.45, 2.75) is 6.92 Å². The molecule has 0 aliphatic rings. The zero-order valence-corrected chi connectivity index (χ0v) is 12.1. The second-order valence-corrected chi connectivity index (χ2v) is 6.45. The highest BCUT2D eigenvalue weighted by molar-refractivity contribution is 7.92. The van der Waals surface area contributed by atoms with Gasteiger partial charge in [-0.05, 0) is 30.7 Å². The van der Waals surface area contributed by atoms with Crippen LogP contribution in [0, 0.1) is 6.92 Å². The van der Waals surface area contributed by atoms with Gasteiger partial charge in [-0.25, -0.2) is 8.42 Å². The van der Waals surface area contributed by atoms with E-state index in [4.69, 9.17) is 0 Å². The van der Waals surface area contributed by atoms with E-state index in [0.29, 0.717) is 11.3 Å². The molecule has 1 amide bonds. The Balaban J connectivity index is 3.19. The third kappa shape index (κ3) is 3.01. The lowest BCUT2D eigenvalue weighted by Gasteiger charge is -2.20. The molecule has 0 radical (unpaired) electrons. The number of hydrogen-bond acceptors (Lipinski definition) is 3. The quantitative estimate of drug-likeness (QED) is 0.826. The van der Waals surface area contributed by atoms with Gasteiger partial charge in [-0.2, -0.15) is 0 Å². The van der Waals surface area contributed by atoms with E-state index in [0.717, 1.165) is 11.8 Å². The van der Waals surface area contributed by atoms with E-state index in [1.165, 1.54) is 16.3 Å². The monoisotopic (exact) mass is 270 g/mol. The zero-order valence-electron chi connectivity index (χ0n) is 11.3. The fraction of sp³-hybridized carbons (Fsp3) is 0.417. The summed E-state index contributed by atoms with van der Waals surface area (Å²) in [5, 5.41) is 0. The molecule has 0 heterocycles. The molecule has 0 saturated carbocycles. The molecule has 0 bridgehead atoms. The number of sulfonamides is 1. The summed E-state index contributed by atoms with van der Waals surface area (Å²) in [6.07, 6.45) is 1.14. The normalized spacial score (nSPS) is 11.2. The first-order valence-corrected chi connectivity index (χ1v) is 7.25. The molecule has 0 aromatic heterocycles. The number of carbonyl (C=O) groups excluding carboxylic acids is 1. The number of aryl methyl sites for hydroxylation is 1. The van der Waals surface area contributed by atoms with Gasteiger partial charge in [0.15, 0.2) is 0 Å². The summed E-state index contributed by atoms with van der Waals surface area (Å²) in [6, 6.07) is 4.97. The van der Waals surface area contributed by atoms with Crippen LogP contribution in [0.25, 0.3) is 0 Å². The Bertz CT molecular complexity index is 565. The molecule has 0 unspecified atom stereocenters. The van der Waals surface area contributed by atoms with Crippen LogP contribution in [0.15, 0.2) is 18.2 Å². The van der Waals surface area contributed by atoms with Gasteiger partial charge in [-0.3, -0.25) is 9.10 Å². The molecule has 0 aliphatic heterocycles. The van der Waals surface area contributed by atoms with Gasteiger partial charge < -0.3 is 4.90 Å². The van der Waals surface area contributed by atoms with Crippen molar-refractivity contribution in [3.8, 4) is 0 Å². The van der Waals surface area contributed by atoms with Gasteiger partial charge in [0, 0.05) is 26.7 Å². The maximum absolute atomic E-state index is 11.8. The second kappa shape index (κ2) is 4.97. The van der Waals surface area contributed by atoms with Crippen molar-refractivity contribution in [2.75, 3.05) is 31.7 Å². The van der Waals surface area contributed by atoms with Gasteiger partial charge >= 0.3 is 0 Å². The zero-order chi connectivity index (χ0) is 14.1. The highest BCUT2D eigenvalue weighted by Crippen LogP contribution is 2.22. The van der Waals surface area contributed by atoms with Gasteiger partial charge in [-0.15, -0.1) is 0 Å². The first-order valence-electron chi connectivity index (χ1n) is 5.41. The van der Waals surface area contributed by atoms with Crippen LogP contribution in [0.5, 0.6) is 0 Å². The highest BCUT2D eigenvalue weighted by atomic mass is 32.2. The molecule has 0 spiro atoms. The standard InChI is InChI=1S/C12H18N2O3S/c1-9-8-10(12(15)13(2)3)6-7-11(9)14(4)18(5,16)17/h6-8H,1-5H3. The second-order valence-electron chi connectivity index (χ2n) is 4.43. The molecule has 6 heteroatoms. The molecule has 0 N–H and O–H groups in total. The Kier molecular flexibility index (Phi) is 4.01. The lowest BCUT2D eigenvalue weighted by atomic mass is 10.1. The molecular formula is C12H18N2O3S. The van der Waals surface area contributed by atoms with Crippen LogP contribution < -0.4 is 4.31 Å². The van der Waals surface area contributed by atoms with E-state index < -0.39 is 10.0 Å². The Morgan fingerprint density at radius 3 is 2.11 bits per heavy atom. The Labute approximate surface area is 108 Å². The van der Waals surface area contributed by atoms with Crippen LogP contribution in [0.4, 0.5) is 5.69 Å². The lowest BCUT2D eigenvalue weighted by molar-refractivity contribution is 0.0827. The summed E-state index contributed by atoms with van der Waals surface area (Å²) in [4.78, 5) is 13.2. The largest absolute Gasteiger partial charge is 0.345 e. The number of hydrogen-bond donors (Lipinski definition) is 0. The van der Waals surface area contributed by atoms with Crippen molar-refractivity contribution >= 4 is 21.6 Å². The molecule has 100 valence electrons. The Morgan fingerprint density at radius 1 is 1.17 bits per heavy atom. The van der Waals surface area contributed by atoms with Crippen molar-refractivity contribution in [3.05, 3.63) is 29.3 Å². The van der Waals surface area contributed by atoms with Crippen LogP contribution in [-0.4, -0.2) is 46.6 Å². The fourth-order valence-corrected chi connectivity index (χ4v) is 2.14. The number of nitrogens with zero attached hydrogens (tertiary/aromatic N) is 2. The maximum Gasteiger partial charge on any atom is 0.253 e. The smallest absolute Gasteiger partial charge is 0.253 e. The van der Waals surface area contributed by atoms with Gasteiger partial charge in [0.05, 0.1) is 11.9 Å². The highest BCUT2D eigenvalue weighted by Gasteiger charge is 2.16. The SMILES string of the molecule is Cc1cc(C(=O)N(C)C)ccc1N(C)S(C)(=O)=O. The van der Waals surface area contributed by atoms with Crippen LogP contribution in [0.1, 0.15) is 15.9 Å². The molecule has 0 saturated heterocycles. The van der Waals surface area contributed by atoms with Gasteiger partial charge in [-0.1, -0.05) is 0 Å². The van der Waals surface area contributed by atoms with Crippen LogP contribution in [0.3, 0.4) is 0 Å². The third-order valence-electron chi connectivity index (χ3n) is 2.69. The molecule has 1 aromatic carbocycles. The first kappa shape index (κ1) is 14.5. The van der Waals surface area contributed by atoms with Crippen molar-refractivity contribution in [1.82, 2.24) is 4.90 Å². The predicted octanol–water partition coefficient (Wildman–Crippen LogP) is 1.09. The molecular weight excluding hydrogens is 252 g/mol. The summed E-state index contributed by atoms with van der Waals surface area (Å²) in [7, 11) is 1.55. The van der Waals surface area contributed by atoms with Gasteiger partial charge in [0.1, 0.15) is 0 Å². The number of anilines is 1. The molecule has 1 rings (SSSR count). The average molecular weight is 270 g/mol. The van der Waals surface area contributed by atoms with Crippen LogP contribution in [0.2, 0.25) is 0 Å². The number of benzene rings is 1. The van der Waals surface area contributed by atoms with E-state index in [1.807, 2.05) is 0 Å². The Morgan fingerprint density at radius 2 is 1.72 bits per heavy atom. The summed E-state index contributed by atoms with van der Waals surface area (Å²) >= 11 is 0. The minimum absolute atomic E-state index is 0.105. The summed E-state index contributed by atoms with van der Waals surface area (Å²) in [6.45, 7) is 1.78. The number of rotatable bonds is 3. The van der Waals surface area contributed by atoms with Crippen molar-refractivity contribution in [1.29, 1.82) is 0 Å². The van der Waals surface area contributed by atoms with Crippen molar-refractivity contribution in [3.63, 3.8) is 0 Å². The van der Waals surface area contributed by atoms with Crippen molar-refractivity contribution < 1.29 is 13.2 Å². The van der Waals surface area contributed by atoms with E-state index in [9.17, 15) is 13.2 Å². The van der Waals surface area contributed by atoms with Crippen molar-refractivity contribution in [2.24, 2.45) is 0 Å². The molecule has 0 aliphatic carbocycles. The van der Waals surface area contributed by atoms with Gasteiger partial charge in [0.25, 0.3) is 5.91 Å². The maximum atomic E-state index is 11.8. The van der Waals surface area contributed by atoms with E-state index >= 15 is 0 Å². The Hall–Kier alpha value is -1.56. The van der Waals surface area contributed by atoms with Gasteiger partial charge in [0.2, 0.25) is 10.0 Å². The lowest BCUT2D eigenvalue weighted by Crippen LogP contribution is -2.26. The van der Waals surface area contributed by atoms with E-state index in [2.05, 4.69) is 0 Å². The summed E-state index contributed by atoms with van der Waals surface area (Å²) in [5.74, 6) is -0.105. The molecule has 0 atom stereocenters. The summed E-state index contributed by atoms with van der Waals surface area (Å²) in [5.41, 5.74) is 1.87. The summed E-state index contributed by atoms with van der Waals surface area (Å²) < 4.78 is 24.1. The minimum Gasteiger partial charge on any atom is -0.345 e. The fourth-order valence-electron chi connectivity index (χ4n) is 1.58. The predicted molar refractivity (Wildman–Crippen MR) is 72.4 cm³/mol. The first-order chi connectivity index (χ1) is 8.14. The molecule has 5 nitrogen and oxygen atoms in total. The molecule has 0 fully saturated rings. The van der Waals surface area contributed by atoms with Crippen LogP contribution in [-0.2, 0) is 10.0 Å². The minimum atomic E-state index is -3.29. The number of amides is 1. The third-order valence-corrected chi connectivity index (χ3v) is 3.88. The average Bonchev–Trinajstić information content (AvgIpc) is 2.25. The molecule has 18 heavy (non-hydrogen) atoms. The number of carbonyl (C=O) groups is 1. The van der Waals surface area contributed by atoms with E-state index in [1.54, 1.807) is 39.2 Å². The topological polar surface area (TPSA) is 57.7 Å². The van der Waals surface area contributed by atoms with E-state index in [-0.39, 0.29) is 5.91 Å². The van der Waals surface area contributed by atoms with Crippen LogP contribution >= 0.6 is 0 Å². The molecule has 1 aromatic rings.